The van der Waals surface area contributed by atoms with Gasteiger partial charge in [0, 0.05) is 16.5 Å². The van der Waals surface area contributed by atoms with Gasteiger partial charge in [-0.15, -0.1) is 0 Å². The summed E-state index contributed by atoms with van der Waals surface area (Å²) in [7, 11) is 2.33. The van der Waals surface area contributed by atoms with Gasteiger partial charge >= 0.3 is 0 Å². The van der Waals surface area contributed by atoms with Crippen LogP contribution < -0.4 is 0 Å². The summed E-state index contributed by atoms with van der Waals surface area (Å²) in [6, 6.07) is 0.615. The van der Waals surface area contributed by atoms with E-state index in [2.05, 4.69) is 56.6 Å². The Hall–Kier alpha value is -1.03. The van der Waals surface area contributed by atoms with E-state index in [-0.39, 0.29) is 27.9 Å². The molecule has 4 rings (SSSR count). The molecule has 34 heavy (non-hydrogen) atoms. The molecule has 0 amide bonds. The van der Waals surface area contributed by atoms with Crippen molar-refractivity contribution in [1.29, 1.82) is 0 Å². The molecule has 0 aromatic heterocycles. The minimum atomic E-state index is -0.302. The summed E-state index contributed by atoms with van der Waals surface area (Å²) >= 11 is 0. The lowest BCUT2D eigenvalue weighted by molar-refractivity contribution is -0.0960. The smallest absolute Gasteiger partial charge is 0.0594 e. The molecule has 5 nitrogen and oxygen atoms in total. The molecule has 0 bridgehead atoms. The third kappa shape index (κ3) is 3.76. The first-order valence-electron chi connectivity index (χ1n) is 13.9. The van der Waals surface area contributed by atoms with Crippen LogP contribution in [0.1, 0.15) is 113 Å². The Morgan fingerprint density at radius 1 is 1.03 bits per heavy atom. The van der Waals surface area contributed by atoms with Gasteiger partial charge < -0.3 is 10.0 Å². The van der Waals surface area contributed by atoms with Gasteiger partial charge in [-0.3, -0.25) is 0 Å². The maximum absolute atomic E-state index is 10.8. The van der Waals surface area contributed by atoms with Gasteiger partial charge in [-0.25, -0.2) is 0 Å². The fourth-order valence-corrected chi connectivity index (χ4v) is 9.43. The fourth-order valence-electron chi connectivity index (χ4n) is 9.43. The minimum Gasteiger partial charge on any atom is -0.393 e. The molecule has 0 aromatic rings. The van der Waals surface area contributed by atoms with E-state index < -0.39 is 0 Å². The van der Waals surface area contributed by atoms with Crippen LogP contribution >= 0.6 is 0 Å². The second-order valence-corrected chi connectivity index (χ2v) is 14.2. The van der Waals surface area contributed by atoms with E-state index in [1.165, 1.54) is 38.5 Å². The van der Waals surface area contributed by atoms with Crippen molar-refractivity contribution in [2.24, 2.45) is 32.7 Å². The molecule has 0 spiro atoms. The number of hydrogen-bond donors (Lipinski definition) is 1. The molecule has 0 radical (unpaired) electrons. The predicted molar refractivity (Wildman–Crippen MR) is 140 cm³/mol. The van der Waals surface area contributed by atoms with Crippen molar-refractivity contribution in [2.75, 3.05) is 13.6 Å². The molecule has 5 heteroatoms. The summed E-state index contributed by atoms with van der Waals surface area (Å²) < 4.78 is 0. The molecule has 2 saturated carbocycles. The standard InChI is InChI=1S/C29H50N4O/c1-25(2,31-32-30)15-9-19-33(8)23-13-18-28(6)21-10-11-22-26(3,4)24(34)14-16-27(22,5)20(21)12-17-29(23,28)7/h22-24,34H,9-19H2,1-8H3/t22?,23?,24-,27+,28-,29+/m0/s1. The van der Waals surface area contributed by atoms with Crippen LogP contribution in [0.25, 0.3) is 10.4 Å². The normalized spacial score (nSPS) is 41.5. The van der Waals surface area contributed by atoms with Gasteiger partial charge in [-0.1, -0.05) is 64.7 Å². The van der Waals surface area contributed by atoms with Crippen molar-refractivity contribution in [2.45, 2.75) is 130 Å². The molecule has 0 aromatic carbocycles. The van der Waals surface area contributed by atoms with Crippen LogP contribution in [-0.4, -0.2) is 41.3 Å². The SMILES string of the molecule is CN(CCCC(C)(C)N=[N+]=[N-])C1CC[C@@]2(C)C3=C(CC[C@]12C)[C@@]1(C)CC[C@H](O)C(C)(C)C1CC3. The van der Waals surface area contributed by atoms with Gasteiger partial charge in [-0.05, 0) is 111 Å². The molecule has 4 aliphatic rings. The number of nitrogens with zero attached hydrogens (tertiary/aromatic N) is 4. The third-order valence-electron chi connectivity index (χ3n) is 11.8. The maximum atomic E-state index is 10.8. The number of hydrogen-bond acceptors (Lipinski definition) is 3. The lowest BCUT2D eigenvalue weighted by atomic mass is 9.44. The molecule has 6 atom stereocenters. The topological polar surface area (TPSA) is 72.2 Å². The van der Waals surface area contributed by atoms with Crippen molar-refractivity contribution < 1.29 is 5.11 Å². The van der Waals surface area contributed by atoms with Gasteiger partial charge in [-0.2, -0.15) is 0 Å². The molecular formula is C29H50N4O. The van der Waals surface area contributed by atoms with E-state index in [1.807, 2.05) is 19.4 Å². The second-order valence-electron chi connectivity index (χ2n) is 14.2. The largest absolute Gasteiger partial charge is 0.393 e. The highest BCUT2D eigenvalue weighted by Gasteiger charge is 2.63. The second kappa shape index (κ2) is 8.53. The first-order valence-corrected chi connectivity index (χ1v) is 13.9. The first kappa shape index (κ1) is 26.0. The highest BCUT2D eigenvalue weighted by Crippen LogP contribution is 2.70. The Morgan fingerprint density at radius 3 is 2.41 bits per heavy atom. The van der Waals surface area contributed by atoms with Crippen molar-refractivity contribution in [1.82, 2.24) is 4.90 Å². The van der Waals surface area contributed by atoms with Crippen molar-refractivity contribution in [3.05, 3.63) is 21.6 Å². The zero-order valence-electron chi connectivity index (χ0n) is 23.2. The highest BCUT2D eigenvalue weighted by atomic mass is 16.3. The predicted octanol–water partition coefficient (Wildman–Crippen LogP) is 7.65. The number of rotatable bonds is 6. The van der Waals surface area contributed by atoms with Gasteiger partial charge in [0.2, 0.25) is 0 Å². The lowest BCUT2D eigenvalue weighted by Gasteiger charge is -2.62. The average Bonchev–Trinajstić information content (AvgIpc) is 3.02. The van der Waals surface area contributed by atoms with Gasteiger partial charge in [0.15, 0.2) is 0 Å². The van der Waals surface area contributed by atoms with Crippen LogP contribution in [0.3, 0.4) is 0 Å². The zero-order valence-corrected chi connectivity index (χ0v) is 23.2. The highest BCUT2D eigenvalue weighted by molar-refractivity contribution is 5.39. The summed E-state index contributed by atoms with van der Waals surface area (Å²) in [5.74, 6) is 0.592. The Kier molecular flexibility index (Phi) is 6.53. The van der Waals surface area contributed by atoms with Gasteiger partial charge in [0.25, 0.3) is 0 Å². The summed E-state index contributed by atoms with van der Waals surface area (Å²) in [4.78, 5) is 5.67. The number of azide groups is 1. The molecule has 1 N–H and O–H groups in total. The van der Waals surface area contributed by atoms with E-state index in [9.17, 15) is 5.11 Å². The van der Waals surface area contributed by atoms with Crippen LogP contribution in [0, 0.1) is 27.6 Å². The number of fused-ring (bicyclic) bond motifs is 4. The number of aliphatic hydroxyl groups is 1. The molecule has 4 aliphatic carbocycles. The van der Waals surface area contributed by atoms with Crippen LogP contribution in [-0.2, 0) is 0 Å². The van der Waals surface area contributed by atoms with E-state index in [1.54, 1.807) is 5.57 Å². The molecule has 0 saturated heterocycles. The summed E-state index contributed by atoms with van der Waals surface area (Å²) in [5, 5.41) is 14.8. The third-order valence-corrected chi connectivity index (χ3v) is 11.8. The Morgan fingerprint density at radius 2 is 1.74 bits per heavy atom. The molecule has 0 aliphatic heterocycles. The zero-order chi connectivity index (χ0) is 25.2. The van der Waals surface area contributed by atoms with Crippen molar-refractivity contribution in [3.63, 3.8) is 0 Å². The molecule has 2 fully saturated rings. The number of allylic oxidation sites excluding steroid dienone is 2. The average molecular weight is 471 g/mol. The van der Waals surface area contributed by atoms with E-state index >= 15 is 0 Å². The lowest BCUT2D eigenvalue weighted by Crippen LogP contribution is -2.56. The van der Waals surface area contributed by atoms with E-state index in [4.69, 9.17) is 5.53 Å². The van der Waals surface area contributed by atoms with E-state index in [0.29, 0.717) is 17.4 Å². The van der Waals surface area contributed by atoms with Gasteiger partial charge in [0.05, 0.1) is 6.10 Å². The summed E-state index contributed by atoms with van der Waals surface area (Å²) in [6.45, 7) is 17.5. The monoisotopic (exact) mass is 470 g/mol. The number of aliphatic hydroxyl groups excluding tert-OH is 1. The van der Waals surface area contributed by atoms with Crippen LogP contribution in [0.15, 0.2) is 16.3 Å². The Balaban J connectivity index is 1.56. The quantitative estimate of drug-likeness (QED) is 0.187. The molecule has 0 heterocycles. The molecule has 192 valence electrons. The summed E-state index contributed by atoms with van der Waals surface area (Å²) in [5.41, 5.74) is 13.0. The maximum Gasteiger partial charge on any atom is 0.0594 e. The van der Waals surface area contributed by atoms with E-state index in [0.717, 1.165) is 32.2 Å². The van der Waals surface area contributed by atoms with Gasteiger partial charge in [0.1, 0.15) is 0 Å². The first-order chi connectivity index (χ1) is 15.7. The minimum absolute atomic E-state index is 0.00891. The van der Waals surface area contributed by atoms with Crippen molar-refractivity contribution >= 4 is 0 Å². The Bertz CT molecular complexity index is 887. The van der Waals surface area contributed by atoms with Crippen LogP contribution in [0.2, 0.25) is 0 Å². The fraction of sp³-hybridized carbons (Fsp3) is 0.931. The molecule has 2 unspecified atom stereocenters. The summed E-state index contributed by atoms with van der Waals surface area (Å²) in [6.07, 6.45) is 11.5. The van der Waals surface area contributed by atoms with Crippen molar-refractivity contribution in [3.8, 4) is 0 Å². The van der Waals surface area contributed by atoms with Crippen LogP contribution in [0.5, 0.6) is 0 Å². The Labute approximate surface area is 208 Å². The molecular weight excluding hydrogens is 420 g/mol. The van der Waals surface area contributed by atoms with Crippen LogP contribution in [0.4, 0.5) is 0 Å².